The van der Waals surface area contributed by atoms with Gasteiger partial charge >= 0.3 is 0 Å². The van der Waals surface area contributed by atoms with E-state index in [1.54, 1.807) is 10.6 Å². The van der Waals surface area contributed by atoms with E-state index in [9.17, 15) is 0 Å². The third-order valence-electron chi connectivity index (χ3n) is 4.86. The van der Waals surface area contributed by atoms with Crippen molar-refractivity contribution in [2.75, 3.05) is 12.3 Å². The van der Waals surface area contributed by atoms with Crippen LogP contribution < -0.4 is 10.6 Å². The maximum atomic E-state index is 2.38. The van der Waals surface area contributed by atoms with Gasteiger partial charge in [0.25, 0.3) is 0 Å². The molecule has 0 atom stereocenters. The Labute approximate surface area is 150 Å². The predicted molar refractivity (Wildman–Crippen MR) is 112 cm³/mol. The number of rotatable bonds is 8. The van der Waals surface area contributed by atoms with Crippen LogP contribution >= 0.6 is 7.26 Å². The fourth-order valence-electron chi connectivity index (χ4n) is 3.51. The van der Waals surface area contributed by atoms with Crippen LogP contribution in [-0.4, -0.2) is 12.3 Å². The second-order valence-corrected chi connectivity index (χ2v) is 12.0. The zero-order valence-electron chi connectivity index (χ0n) is 16.0. The highest BCUT2D eigenvalue weighted by Gasteiger charge is 2.41. The highest BCUT2D eigenvalue weighted by atomic mass is 31.2. The van der Waals surface area contributed by atoms with Crippen LogP contribution in [0.15, 0.2) is 60.7 Å². The zero-order chi connectivity index (χ0) is 17.5. The van der Waals surface area contributed by atoms with Crippen molar-refractivity contribution in [3.63, 3.8) is 0 Å². The molecule has 24 heavy (non-hydrogen) atoms. The molecule has 0 radical (unpaired) electrons. The van der Waals surface area contributed by atoms with E-state index in [4.69, 9.17) is 0 Å². The minimum Gasteiger partial charge on any atom is -0.0652 e. The third kappa shape index (κ3) is 5.18. The van der Waals surface area contributed by atoms with Gasteiger partial charge in [-0.05, 0) is 48.9 Å². The molecule has 1 heteroatoms. The molecule has 0 fully saturated rings. The summed E-state index contributed by atoms with van der Waals surface area (Å²) < 4.78 is 0. The first-order valence-electron chi connectivity index (χ1n) is 9.46. The Hall–Kier alpha value is -1.13. The maximum Gasteiger partial charge on any atom is 0.0991 e. The summed E-state index contributed by atoms with van der Waals surface area (Å²) in [5, 5.41) is 3.19. The Bertz CT molecular complexity index is 541. The minimum absolute atomic E-state index is 0.424. The lowest BCUT2D eigenvalue weighted by atomic mass is 9.91. The molecule has 0 spiro atoms. The molecule has 0 saturated carbocycles. The molecule has 0 aliphatic rings. The van der Waals surface area contributed by atoms with Gasteiger partial charge in [0, 0.05) is 0 Å². The van der Waals surface area contributed by atoms with Gasteiger partial charge in [0.1, 0.15) is 0 Å². The summed E-state index contributed by atoms with van der Waals surface area (Å²) in [6.45, 7) is 9.42. The maximum absolute atomic E-state index is 2.38. The standard InChI is InChI=1S/C23H34P/c1-5-6-19-24(20-13-18-23(2,3)4,21-14-9-7-10-15-21)22-16-11-8-12-17-22/h7-12,14-17H,5-6,13,18-20H2,1-4H3/q+1. The van der Waals surface area contributed by atoms with Crippen LogP contribution in [0.1, 0.15) is 53.4 Å². The Morgan fingerprint density at radius 2 is 1.17 bits per heavy atom. The molecular weight excluding hydrogens is 307 g/mol. The molecule has 0 heterocycles. The van der Waals surface area contributed by atoms with Crippen LogP contribution in [0.2, 0.25) is 0 Å². The number of unbranched alkanes of at least 4 members (excludes halogenated alkanes) is 1. The molecule has 0 amide bonds. The van der Waals surface area contributed by atoms with E-state index in [2.05, 4.69) is 88.4 Å². The second kappa shape index (κ2) is 8.82. The quantitative estimate of drug-likeness (QED) is 0.496. The van der Waals surface area contributed by atoms with E-state index in [-0.39, 0.29) is 0 Å². The molecule has 0 nitrogen and oxygen atoms in total. The van der Waals surface area contributed by atoms with Gasteiger partial charge in [-0.15, -0.1) is 0 Å². The molecule has 2 rings (SSSR count). The summed E-state index contributed by atoms with van der Waals surface area (Å²) in [5.74, 6) is 0. The Balaban J connectivity index is 2.40. The number of benzene rings is 2. The first kappa shape index (κ1) is 19.2. The third-order valence-corrected chi connectivity index (χ3v) is 9.59. The lowest BCUT2D eigenvalue weighted by Gasteiger charge is -2.29. The van der Waals surface area contributed by atoms with E-state index in [0.29, 0.717) is 5.41 Å². The van der Waals surface area contributed by atoms with Crippen molar-refractivity contribution in [1.29, 1.82) is 0 Å². The van der Waals surface area contributed by atoms with Gasteiger partial charge in [-0.1, -0.05) is 70.5 Å². The summed E-state index contributed by atoms with van der Waals surface area (Å²) in [7, 11) is -1.30. The average molecular weight is 341 g/mol. The summed E-state index contributed by atoms with van der Waals surface area (Å²) in [5.41, 5.74) is 0.424. The van der Waals surface area contributed by atoms with Crippen molar-refractivity contribution in [1.82, 2.24) is 0 Å². The van der Waals surface area contributed by atoms with Crippen molar-refractivity contribution < 1.29 is 0 Å². The Kier molecular flexibility index (Phi) is 7.05. The van der Waals surface area contributed by atoms with E-state index in [1.165, 1.54) is 38.0 Å². The Morgan fingerprint density at radius 1 is 0.708 bits per heavy atom. The van der Waals surface area contributed by atoms with Crippen molar-refractivity contribution in [3.8, 4) is 0 Å². The van der Waals surface area contributed by atoms with Gasteiger partial charge in [0.05, 0.1) is 30.2 Å². The van der Waals surface area contributed by atoms with Crippen molar-refractivity contribution >= 4 is 17.9 Å². The highest BCUT2D eigenvalue weighted by molar-refractivity contribution is 7.89. The lowest BCUT2D eigenvalue weighted by molar-refractivity contribution is 0.374. The van der Waals surface area contributed by atoms with E-state index in [0.717, 1.165) is 0 Å². The molecule has 0 unspecified atom stereocenters. The molecule has 0 saturated heterocycles. The first-order valence-corrected chi connectivity index (χ1v) is 11.6. The largest absolute Gasteiger partial charge is 0.0991 e. The molecule has 2 aromatic rings. The molecule has 0 aliphatic heterocycles. The molecule has 0 bridgehead atoms. The summed E-state index contributed by atoms with van der Waals surface area (Å²) in [4.78, 5) is 0. The van der Waals surface area contributed by atoms with Crippen LogP contribution in [0, 0.1) is 5.41 Å². The topological polar surface area (TPSA) is 0 Å². The Morgan fingerprint density at radius 3 is 1.58 bits per heavy atom. The zero-order valence-corrected chi connectivity index (χ0v) is 16.9. The van der Waals surface area contributed by atoms with Crippen LogP contribution in [0.25, 0.3) is 0 Å². The number of hydrogen-bond acceptors (Lipinski definition) is 0. The van der Waals surface area contributed by atoms with E-state index in [1.807, 2.05) is 0 Å². The van der Waals surface area contributed by atoms with Gasteiger partial charge in [0.2, 0.25) is 0 Å². The van der Waals surface area contributed by atoms with Crippen LogP contribution in [0.3, 0.4) is 0 Å². The normalized spacial score (nSPS) is 12.3. The molecular formula is C23H34P+. The summed E-state index contributed by atoms with van der Waals surface area (Å²) >= 11 is 0. The smallest absolute Gasteiger partial charge is 0.0652 e. The summed E-state index contributed by atoms with van der Waals surface area (Å²) in [6, 6.07) is 22.7. The van der Waals surface area contributed by atoms with E-state index >= 15 is 0 Å². The SMILES string of the molecule is CCCC[P+](CCCC(C)(C)C)(c1ccccc1)c1ccccc1. The molecule has 2 aromatic carbocycles. The van der Waals surface area contributed by atoms with Gasteiger partial charge < -0.3 is 0 Å². The van der Waals surface area contributed by atoms with Gasteiger partial charge in [-0.2, -0.15) is 0 Å². The molecule has 0 aliphatic carbocycles. The minimum atomic E-state index is -1.30. The second-order valence-electron chi connectivity index (χ2n) is 8.10. The molecule has 130 valence electrons. The molecule has 0 aromatic heterocycles. The van der Waals surface area contributed by atoms with Crippen LogP contribution in [0.4, 0.5) is 0 Å². The summed E-state index contributed by atoms with van der Waals surface area (Å²) in [6.07, 6.45) is 7.93. The fraction of sp³-hybridized carbons (Fsp3) is 0.478. The average Bonchev–Trinajstić information content (AvgIpc) is 2.58. The van der Waals surface area contributed by atoms with Crippen LogP contribution in [0.5, 0.6) is 0 Å². The van der Waals surface area contributed by atoms with Gasteiger partial charge in [-0.25, -0.2) is 0 Å². The van der Waals surface area contributed by atoms with Crippen molar-refractivity contribution in [2.24, 2.45) is 5.41 Å². The van der Waals surface area contributed by atoms with E-state index < -0.39 is 7.26 Å². The van der Waals surface area contributed by atoms with Crippen molar-refractivity contribution in [2.45, 2.75) is 53.4 Å². The monoisotopic (exact) mass is 341 g/mol. The van der Waals surface area contributed by atoms with Gasteiger partial charge in [-0.3, -0.25) is 0 Å². The van der Waals surface area contributed by atoms with Crippen LogP contribution in [-0.2, 0) is 0 Å². The predicted octanol–water partition coefficient (Wildman–Crippen LogP) is 6.28. The highest BCUT2D eigenvalue weighted by Crippen LogP contribution is 2.58. The fourth-order valence-corrected chi connectivity index (χ4v) is 8.11. The molecule has 0 N–H and O–H groups in total. The van der Waals surface area contributed by atoms with Gasteiger partial charge in [0.15, 0.2) is 0 Å². The number of hydrogen-bond donors (Lipinski definition) is 0. The lowest BCUT2D eigenvalue weighted by Crippen LogP contribution is -2.28. The van der Waals surface area contributed by atoms with Crippen molar-refractivity contribution in [3.05, 3.63) is 60.7 Å². The first-order chi connectivity index (χ1) is 11.5.